The van der Waals surface area contributed by atoms with Crippen molar-refractivity contribution in [3.05, 3.63) is 36.5 Å². The number of phosphoric ester groups is 1. The number of carbonyl (C=O) groups is 1. The van der Waals surface area contributed by atoms with Crippen molar-refractivity contribution in [3.63, 3.8) is 0 Å². The minimum atomic E-state index is -5.14. The number of hydrogen-bond donors (Lipinski definition) is 9. The van der Waals surface area contributed by atoms with Crippen molar-refractivity contribution < 1.29 is 59.0 Å². The first kappa shape index (κ1) is 56.5. The smallest absolute Gasteiger partial charge is 0.393 e. The Morgan fingerprint density at radius 2 is 0.983 bits per heavy atom. The highest BCUT2D eigenvalue weighted by molar-refractivity contribution is 7.47. The number of hydrogen-bond acceptors (Lipinski definition) is 11. The Morgan fingerprint density at radius 1 is 0.583 bits per heavy atom. The Morgan fingerprint density at radius 3 is 1.50 bits per heavy atom. The summed E-state index contributed by atoms with van der Waals surface area (Å²) in [7, 11) is -5.14. The van der Waals surface area contributed by atoms with E-state index in [4.69, 9.17) is 9.05 Å². The molecule has 1 fully saturated rings. The SMILES string of the molecule is CCCCC/C=C/CC/C=C/C(O)C(COP(=O)(O)OC1C(O)C(O)C(O)C(O)C1O)NC(=O)CC(O)CCCCCCC/C=C\CCCCCCCCCCCCCC. The lowest BCUT2D eigenvalue weighted by Gasteiger charge is -2.41. The van der Waals surface area contributed by atoms with Crippen LogP contribution >= 0.6 is 7.82 Å². The summed E-state index contributed by atoms with van der Waals surface area (Å²) < 4.78 is 22.8. The minimum Gasteiger partial charge on any atom is -0.393 e. The molecular weight excluding hydrogens is 789 g/mol. The van der Waals surface area contributed by atoms with Crippen LogP contribution in [0.2, 0.25) is 0 Å². The van der Waals surface area contributed by atoms with E-state index in [2.05, 4.69) is 43.5 Å². The monoisotopic (exact) mass is 876 g/mol. The molecule has 1 aliphatic carbocycles. The number of aliphatic hydroxyl groups is 7. The van der Waals surface area contributed by atoms with Crippen LogP contribution < -0.4 is 5.32 Å². The molecule has 352 valence electrons. The van der Waals surface area contributed by atoms with Crippen LogP contribution in [0.25, 0.3) is 0 Å². The fraction of sp³-hybridized carbons (Fsp3) is 0.848. The van der Waals surface area contributed by atoms with Gasteiger partial charge in [0, 0.05) is 0 Å². The van der Waals surface area contributed by atoms with E-state index >= 15 is 0 Å². The predicted octanol–water partition coefficient (Wildman–Crippen LogP) is 7.75. The van der Waals surface area contributed by atoms with Gasteiger partial charge in [0.25, 0.3) is 0 Å². The van der Waals surface area contributed by atoms with E-state index in [1.807, 2.05) is 0 Å². The number of phosphoric acid groups is 1. The Kier molecular flexibility index (Phi) is 33.8. The standard InChI is InChI=1S/C46H86NO12P/c1-3-5-7-9-11-13-14-15-16-17-18-19-20-21-22-23-24-26-27-29-31-33-37(48)35-40(50)47-38(39(49)34-32-30-28-25-12-10-8-6-4-2)36-58-60(56,57)59-46-44(54)42(52)41(51)43(53)45(46)55/h12,21-22,25,32,34,37-39,41-46,48-49,51-55H,3-11,13-20,23-24,26-31,33,35-36H2,1-2H3,(H,47,50)(H,56,57)/b22-21-,25-12+,34-32+. The van der Waals surface area contributed by atoms with E-state index in [0.29, 0.717) is 12.8 Å². The van der Waals surface area contributed by atoms with Gasteiger partial charge in [-0.05, 0) is 57.8 Å². The second-order valence-corrected chi connectivity index (χ2v) is 18.2. The molecule has 9 N–H and O–H groups in total. The van der Waals surface area contributed by atoms with Crippen LogP contribution in [-0.4, -0.2) is 108 Å². The van der Waals surface area contributed by atoms with Gasteiger partial charge < -0.3 is 46.0 Å². The third-order valence-electron chi connectivity index (χ3n) is 11.2. The number of carbonyl (C=O) groups excluding carboxylic acids is 1. The Hall–Kier alpha value is -1.48. The van der Waals surface area contributed by atoms with Gasteiger partial charge in [0.15, 0.2) is 0 Å². The number of unbranched alkanes of at least 4 members (excludes halogenated alkanes) is 21. The van der Waals surface area contributed by atoms with Gasteiger partial charge in [0.05, 0.1) is 31.3 Å². The maximum atomic E-state index is 13.0. The summed E-state index contributed by atoms with van der Waals surface area (Å²) in [6.45, 7) is 3.66. The zero-order valence-electron chi connectivity index (χ0n) is 37.1. The molecule has 0 aromatic rings. The molecule has 1 saturated carbocycles. The fourth-order valence-electron chi connectivity index (χ4n) is 7.31. The largest absolute Gasteiger partial charge is 0.472 e. The molecule has 0 aliphatic heterocycles. The number of nitrogens with one attached hydrogen (secondary N) is 1. The maximum absolute atomic E-state index is 13.0. The van der Waals surface area contributed by atoms with Crippen molar-refractivity contribution in [2.75, 3.05) is 6.61 Å². The van der Waals surface area contributed by atoms with Gasteiger partial charge in [-0.25, -0.2) is 4.57 Å². The normalized spacial score (nSPS) is 23.7. The molecule has 0 bridgehead atoms. The Balaban J connectivity index is 2.44. The van der Waals surface area contributed by atoms with Crippen molar-refractivity contribution in [1.82, 2.24) is 5.32 Å². The number of rotatable bonds is 38. The van der Waals surface area contributed by atoms with E-state index in [-0.39, 0.29) is 6.42 Å². The van der Waals surface area contributed by atoms with E-state index in [1.165, 1.54) is 89.5 Å². The predicted molar refractivity (Wildman–Crippen MR) is 238 cm³/mol. The van der Waals surface area contributed by atoms with Gasteiger partial charge in [-0.3, -0.25) is 13.8 Å². The molecular formula is C46H86NO12P. The first-order valence-corrected chi connectivity index (χ1v) is 25.0. The topological polar surface area (TPSA) is 226 Å². The first-order chi connectivity index (χ1) is 28.8. The lowest BCUT2D eigenvalue weighted by molar-refractivity contribution is -0.220. The van der Waals surface area contributed by atoms with Crippen molar-refractivity contribution >= 4 is 13.7 Å². The molecule has 1 rings (SSSR count). The molecule has 0 spiro atoms. The maximum Gasteiger partial charge on any atom is 0.472 e. The van der Waals surface area contributed by atoms with Gasteiger partial charge in [0.2, 0.25) is 5.91 Å². The summed E-state index contributed by atoms with van der Waals surface area (Å²) in [5, 5.41) is 74.2. The number of amides is 1. The average molecular weight is 876 g/mol. The van der Waals surface area contributed by atoms with Crippen LogP contribution in [0.15, 0.2) is 36.5 Å². The molecule has 60 heavy (non-hydrogen) atoms. The Labute approximate surface area is 362 Å². The van der Waals surface area contributed by atoms with Gasteiger partial charge in [0.1, 0.15) is 36.6 Å². The third kappa shape index (κ3) is 27.6. The van der Waals surface area contributed by atoms with Crippen LogP contribution in [0.4, 0.5) is 0 Å². The van der Waals surface area contributed by atoms with Crippen LogP contribution in [0, 0.1) is 0 Å². The first-order valence-electron chi connectivity index (χ1n) is 23.5. The quantitative estimate of drug-likeness (QED) is 0.0165. The summed E-state index contributed by atoms with van der Waals surface area (Å²) in [6, 6.07) is -1.26. The molecule has 14 heteroatoms. The lowest BCUT2D eigenvalue weighted by atomic mass is 9.85. The van der Waals surface area contributed by atoms with Crippen LogP contribution in [0.3, 0.4) is 0 Å². The number of aliphatic hydroxyl groups excluding tert-OH is 7. The molecule has 1 amide bonds. The molecule has 0 saturated heterocycles. The molecule has 0 aromatic carbocycles. The lowest BCUT2D eigenvalue weighted by Crippen LogP contribution is -2.64. The molecule has 13 nitrogen and oxygen atoms in total. The van der Waals surface area contributed by atoms with Gasteiger partial charge in [-0.1, -0.05) is 159 Å². The highest BCUT2D eigenvalue weighted by Gasteiger charge is 2.51. The number of allylic oxidation sites excluding steroid dienone is 5. The average Bonchev–Trinajstić information content (AvgIpc) is 3.22. The van der Waals surface area contributed by atoms with Crippen LogP contribution in [0.5, 0.6) is 0 Å². The molecule has 8 unspecified atom stereocenters. The van der Waals surface area contributed by atoms with Gasteiger partial charge in [-0.15, -0.1) is 0 Å². The van der Waals surface area contributed by atoms with E-state index < -0.39 is 75.2 Å². The van der Waals surface area contributed by atoms with Crippen molar-refractivity contribution in [2.45, 2.75) is 242 Å². The fourth-order valence-corrected chi connectivity index (χ4v) is 8.28. The third-order valence-corrected chi connectivity index (χ3v) is 12.2. The summed E-state index contributed by atoms with van der Waals surface area (Å²) in [4.78, 5) is 23.3. The second-order valence-electron chi connectivity index (χ2n) is 16.8. The van der Waals surface area contributed by atoms with Crippen molar-refractivity contribution in [1.29, 1.82) is 0 Å². The van der Waals surface area contributed by atoms with E-state index in [0.717, 1.165) is 70.6 Å². The Bertz CT molecular complexity index is 1170. The summed E-state index contributed by atoms with van der Waals surface area (Å²) in [5.41, 5.74) is 0. The zero-order chi connectivity index (χ0) is 44.4. The molecule has 0 heterocycles. The molecule has 0 aromatic heterocycles. The van der Waals surface area contributed by atoms with E-state index in [1.54, 1.807) is 6.08 Å². The highest BCUT2D eigenvalue weighted by Crippen LogP contribution is 2.47. The zero-order valence-corrected chi connectivity index (χ0v) is 38.0. The minimum absolute atomic E-state index is 0.258. The van der Waals surface area contributed by atoms with Crippen LogP contribution in [0.1, 0.15) is 187 Å². The molecule has 8 atom stereocenters. The van der Waals surface area contributed by atoms with Gasteiger partial charge in [-0.2, -0.15) is 0 Å². The summed E-state index contributed by atoms with van der Waals surface area (Å²) >= 11 is 0. The van der Waals surface area contributed by atoms with E-state index in [9.17, 15) is 50.0 Å². The highest BCUT2D eigenvalue weighted by atomic mass is 31.2. The van der Waals surface area contributed by atoms with Gasteiger partial charge >= 0.3 is 7.82 Å². The summed E-state index contributed by atoms with van der Waals surface area (Å²) in [6.07, 6.45) is 27.0. The molecule has 0 radical (unpaired) electrons. The molecule has 1 aliphatic rings. The van der Waals surface area contributed by atoms with Crippen molar-refractivity contribution in [3.8, 4) is 0 Å². The summed E-state index contributed by atoms with van der Waals surface area (Å²) in [5.74, 6) is -0.610. The van der Waals surface area contributed by atoms with Crippen molar-refractivity contribution in [2.24, 2.45) is 0 Å². The second kappa shape index (κ2) is 35.9. The van der Waals surface area contributed by atoms with Crippen LogP contribution in [-0.2, 0) is 18.4 Å².